The third-order valence-corrected chi connectivity index (χ3v) is 7.80. The lowest BCUT2D eigenvalue weighted by atomic mass is 9.70. The van der Waals surface area contributed by atoms with E-state index in [0.29, 0.717) is 6.42 Å². The Bertz CT molecular complexity index is 1460. The summed E-state index contributed by atoms with van der Waals surface area (Å²) in [6.07, 6.45) is 7.19. The third kappa shape index (κ3) is 7.66. The maximum atomic E-state index is 13.6. The van der Waals surface area contributed by atoms with Gasteiger partial charge in [-0.2, -0.15) is 0 Å². The largest absolute Gasteiger partial charge is 0.511 e. The zero-order valence-corrected chi connectivity index (χ0v) is 26.6. The van der Waals surface area contributed by atoms with Gasteiger partial charge in [-0.05, 0) is 80.6 Å². The number of aliphatic hydroxyl groups is 2. The first-order valence-electron chi connectivity index (χ1n) is 14.6. The molecule has 0 spiro atoms. The van der Waals surface area contributed by atoms with Crippen LogP contribution in [0.5, 0.6) is 17.2 Å². The van der Waals surface area contributed by atoms with Crippen molar-refractivity contribution in [2.45, 2.75) is 100 Å². The summed E-state index contributed by atoms with van der Waals surface area (Å²) < 4.78 is 0. The van der Waals surface area contributed by atoms with E-state index in [-0.39, 0.29) is 41.5 Å². The van der Waals surface area contributed by atoms with Gasteiger partial charge >= 0.3 is 0 Å². The predicted molar refractivity (Wildman–Crippen MR) is 168 cm³/mol. The summed E-state index contributed by atoms with van der Waals surface area (Å²) >= 11 is 0. The predicted octanol–water partition coefficient (Wildman–Crippen LogP) is 7.72. The van der Waals surface area contributed by atoms with E-state index in [2.05, 4.69) is 6.08 Å². The lowest BCUT2D eigenvalue weighted by Gasteiger charge is -2.33. The minimum Gasteiger partial charge on any atom is -0.511 e. The highest BCUT2D eigenvalue weighted by Gasteiger charge is 2.47. The van der Waals surface area contributed by atoms with Gasteiger partial charge in [-0.15, -0.1) is 0 Å². The van der Waals surface area contributed by atoms with Crippen LogP contribution in [0.25, 0.3) is 0 Å². The summed E-state index contributed by atoms with van der Waals surface area (Å²) in [6.45, 7) is 14.0. The first-order chi connectivity index (χ1) is 20.0. The summed E-state index contributed by atoms with van der Waals surface area (Å²) in [5, 5.41) is 56.1. The molecule has 0 aromatic heterocycles. The maximum Gasteiger partial charge on any atom is 0.183 e. The molecule has 2 rings (SSSR count). The van der Waals surface area contributed by atoms with Crippen molar-refractivity contribution in [2.24, 2.45) is 5.41 Å². The second kappa shape index (κ2) is 14.4. The van der Waals surface area contributed by atoms with Gasteiger partial charge in [0.05, 0.1) is 5.41 Å². The molecular formula is C35H46O8. The number of benzene rings is 1. The van der Waals surface area contributed by atoms with Crippen molar-refractivity contribution in [1.82, 2.24) is 0 Å². The van der Waals surface area contributed by atoms with Crippen LogP contribution in [0, 0.1) is 5.41 Å². The van der Waals surface area contributed by atoms with Gasteiger partial charge in [-0.1, -0.05) is 41.9 Å². The van der Waals surface area contributed by atoms with E-state index in [1.54, 1.807) is 13.0 Å². The van der Waals surface area contributed by atoms with Crippen LogP contribution in [-0.2, 0) is 22.4 Å². The maximum absolute atomic E-state index is 13.6. The van der Waals surface area contributed by atoms with Gasteiger partial charge in [0.15, 0.2) is 17.3 Å². The second-order valence-electron chi connectivity index (χ2n) is 12.1. The zero-order valence-electron chi connectivity index (χ0n) is 26.6. The number of phenols is 3. The fraction of sp³-hybridized carbons (Fsp3) is 0.457. The van der Waals surface area contributed by atoms with Crippen molar-refractivity contribution in [3.8, 4) is 17.2 Å². The first kappa shape index (κ1) is 35.1. The van der Waals surface area contributed by atoms with Crippen molar-refractivity contribution >= 4 is 17.3 Å². The Morgan fingerprint density at radius 3 is 1.91 bits per heavy atom. The molecule has 5 N–H and O–H groups in total. The number of aliphatic hydroxyl groups excluding tert-OH is 2. The summed E-state index contributed by atoms with van der Waals surface area (Å²) in [6, 6.07) is 0. The number of carbonyl (C=O) groups is 3. The van der Waals surface area contributed by atoms with Gasteiger partial charge in [-0.25, -0.2) is 0 Å². The highest BCUT2D eigenvalue weighted by atomic mass is 16.3. The summed E-state index contributed by atoms with van der Waals surface area (Å²) in [7, 11) is 0. The lowest BCUT2D eigenvalue weighted by Crippen LogP contribution is -2.38. The molecule has 1 aliphatic rings. The Morgan fingerprint density at radius 2 is 1.37 bits per heavy atom. The number of allylic oxidation sites excluding steroid dienone is 9. The van der Waals surface area contributed by atoms with Crippen LogP contribution in [0.15, 0.2) is 57.6 Å². The number of hydrogen-bond donors (Lipinski definition) is 5. The molecule has 0 saturated carbocycles. The molecule has 0 saturated heterocycles. The zero-order chi connectivity index (χ0) is 32.8. The number of Topliss-reactive ketones (excluding diaryl/α,β-unsaturated/α-hetero) is 3. The Morgan fingerprint density at radius 1 is 0.791 bits per heavy atom. The first-order valence-corrected chi connectivity index (χ1v) is 14.6. The quantitative estimate of drug-likeness (QED) is 0.0884. The number of rotatable bonds is 13. The third-order valence-electron chi connectivity index (χ3n) is 7.80. The van der Waals surface area contributed by atoms with Crippen LogP contribution in [0.4, 0.5) is 0 Å². The molecule has 8 nitrogen and oxygen atoms in total. The number of hydrogen-bond acceptors (Lipinski definition) is 8. The van der Waals surface area contributed by atoms with Crippen LogP contribution >= 0.6 is 0 Å². The topological polar surface area (TPSA) is 152 Å². The van der Waals surface area contributed by atoms with Crippen LogP contribution < -0.4 is 0 Å². The van der Waals surface area contributed by atoms with E-state index in [0.717, 1.165) is 30.9 Å². The van der Waals surface area contributed by atoms with E-state index in [1.165, 1.54) is 12.5 Å². The van der Waals surface area contributed by atoms with Crippen molar-refractivity contribution in [1.29, 1.82) is 0 Å². The molecular weight excluding hydrogens is 548 g/mol. The monoisotopic (exact) mass is 594 g/mol. The highest BCUT2D eigenvalue weighted by Crippen LogP contribution is 2.48. The van der Waals surface area contributed by atoms with Gasteiger partial charge in [-0.3, -0.25) is 14.4 Å². The molecule has 1 atom stereocenters. The van der Waals surface area contributed by atoms with Crippen LogP contribution in [-0.4, -0.2) is 42.9 Å². The minimum absolute atomic E-state index is 0.00613. The molecule has 8 heteroatoms. The Hall–Kier alpha value is -4.07. The number of ketones is 3. The Balaban J connectivity index is 2.80. The van der Waals surface area contributed by atoms with E-state index in [9.17, 15) is 39.9 Å². The molecule has 0 heterocycles. The van der Waals surface area contributed by atoms with Crippen LogP contribution in [0.1, 0.15) is 109 Å². The fourth-order valence-corrected chi connectivity index (χ4v) is 5.12. The van der Waals surface area contributed by atoms with Gasteiger partial charge in [0.25, 0.3) is 0 Å². The molecule has 0 aliphatic heterocycles. The van der Waals surface area contributed by atoms with Gasteiger partial charge in [0, 0.05) is 29.5 Å². The average molecular weight is 595 g/mol. The normalized spacial score (nSPS) is 17.3. The Labute approximate surface area is 254 Å². The minimum atomic E-state index is -1.62. The van der Waals surface area contributed by atoms with Crippen molar-refractivity contribution in [3.05, 3.63) is 74.3 Å². The highest BCUT2D eigenvalue weighted by molar-refractivity contribution is 6.23. The average Bonchev–Trinajstić information content (AvgIpc) is 2.90. The summed E-state index contributed by atoms with van der Waals surface area (Å²) in [4.78, 5) is 39.1. The molecule has 234 valence electrons. The SMILES string of the molecule is CCCC(=O)c1c(O)c(CC=C(C)C)c(O)c(CC2=C(O)[C@@](C)(C/C=C(\C)CCC=C(C)C)C(=O)C(C(C)=O)=C2O)c1O. The van der Waals surface area contributed by atoms with E-state index < -0.39 is 63.5 Å². The lowest BCUT2D eigenvalue weighted by molar-refractivity contribution is -0.127. The van der Waals surface area contributed by atoms with E-state index in [1.807, 2.05) is 40.7 Å². The second-order valence-corrected chi connectivity index (χ2v) is 12.1. The van der Waals surface area contributed by atoms with Crippen molar-refractivity contribution < 1.29 is 39.9 Å². The number of phenolic OH excluding ortho intramolecular Hbond substituents is 3. The van der Waals surface area contributed by atoms with Crippen molar-refractivity contribution in [2.75, 3.05) is 0 Å². The number of carbonyl (C=O) groups excluding carboxylic acids is 3. The number of aromatic hydroxyl groups is 3. The smallest absolute Gasteiger partial charge is 0.183 e. The fourth-order valence-electron chi connectivity index (χ4n) is 5.12. The molecule has 0 bridgehead atoms. The van der Waals surface area contributed by atoms with Gasteiger partial charge in [0.1, 0.15) is 39.9 Å². The molecule has 1 aliphatic carbocycles. The van der Waals surface area contributed by atoms with Crippen LogP contribution in [0.2, 0.25) is 0 Å². The Kier molecular flexibility index (Phi) is 11.8. The summed E-state index contributed by atoms with van der Waals surface area (Å²) in [5.74, 6) is -5.01. The van der Waals surface area contributed by atoms with E-state index in [4.69, 9.17) is 0 Å². The summed E-state index contributed by atoms with van der Waals surface area (Å²) in [5.41, 5.74) is 0.0957. The molecule has 0 amide bonds. The standard InChI is InChI=1S/C35H46O8/c1-9-11-26(37)28-30(39)23(15-14-20(4)5)29(38)24(31(28)40)18-25-32(41)27(22(7)36)34(43)35(8,33(25)42)17-16-21(6)13-10-12-19(2)3/h12,14,16,38-42H,9-11,13,15,17-18H2,1-8H3/b21-16+/t35-/m1/s1. The molecule has 43 heavy (non-hydrogen) atoms. The van der Waals surface area contributed by atoms with E-state index >= 15 is 0 Å². The van der Waals surface area contributed by atoms with Gasteiger partial charge in [0.2, 0.25) is 0 Å². The van der Waals surface area contributed by atoms with Crippen LogP contribution in [0.3, 0.4) is 0 Å². The molecule has 0 radical (unpaired) electrons. The molecule has 1 aromatic carbocycles. The molecule has 0 fully saturated rings. The molecule has 1 aromatic rings. The molecule has 0 unspecified atom stereocenters. The van der Waals surface area contributed by atoms with Gasteiger partial charge < -0.3 is 25.5 Å². The van der Waals surface area contributed by atoms with Crippen molar-refractivity contribution in [3.63, 3.8) is 0 Å².